The van der Waals surface area contributed by atoms with Crippen LogP contribution < -0.4 is 5.32 Å². The van der Waals surface area contributed by atoms with Gasteiger partial charge >= 0.3 is 0 Å². The van der Waals surface area contributed by atoms with E-state index in [9.17, 15) is 4.79 Å². The van der Waals surface area contributed by atoms with Crippen LogP contribution in [0.25, 0.3) is 22.3 Å². The quantitative estimate of drug-likeness (QED) is 0.586. The molecular weight excluding hydrogens is 400 g/mol. The van der Waals surface area contributed by atoms with Crippen molar-refractivity contribution in [2.75, 3.05) is 31.5 Å². The number of furan rings is 1. The molecule has 158 valence electrons. The van der Waals surface area contributed by atoms with Crippen molar-refractivity contribution in [1.29, 1.82) is 0 Å². The predicted molar refractivity (Wildman–Crippen MR) is 117 cm³/mol. The third-order valence-electron chi connectivity index (χ3n) is 4.90. The van der Waals surface area contributed by atoms with E-state index >= 15 is 0 Å². The monoisotopic (exact) mass is 426 g/mol. The first-order chi connectivity index (χ1) is 14.6. The lowest BCUT2D eigenvalue weighted by Gasteiger charge is -2.30. The van der Waals surface area contributed by atoms with Gasteiger partial charge in [0.15, 0.2) is 11.6 Å². The van der Waals surface area contributed by atoms with Crippen molar-refractivity contribution in [2.45, 2.75) is 33.1 Å². The number of hydrazine groups is 1. The van der Waals surface area contributed by atoms with E-state index in [-0.39, 0.29) is 5.91 Å². The SMILES string of the molecule is CCCN(CC(=O)Nc1cc(-c2nccs2)nc(-c2ccc(C)o2)n1)N1CCCC1. The van der Waals surface area contributed by atoms with Crippen LogP contribution in [0, 0.1) is 6.92 Å². The van der Waals surface area contributed by atoms with Gasteiger partial charge in [-0.15, -0.1) is 11.3 Å². The van der Waals surface area contributed by atoms with Crippen LogP contribution in [-0.4, -0.2) is 57.1 Å². The van der Waals surface area contributed by atoms with Crippen LogP contribution in [0.4, 0.5) is 5.82 Å². The Morgan fingerprint density at radius 2 is 2.13 bits per heavy atom. The zero-order valence-corrected chi connectivity index (χ0v) is 18.1. The summed E-state index contributed by atoms with van der Waals surface area (Å²) in [6.07, 6.45) is 5.08. The second-order valence-corrected chi connectivity index (χ2v) is 8.20. The van der Waals surface area contributed by atoms with Crippen molar-refractivity contribution in [3.05, 3.63) is 35.5 Å². The molecule has 8 nitrogen and oxygen atoms in total. The number of carbonyl (C=O) groups is 1. The number of anilines is 1. The van der Waals surface area contributed by atoms with Gasteiger partial charge in [-0.25, -0.2) is 25.0 Å². The van der Waals surface area contributed by atoms with Crippen molar-refractivity contribution in [3.63, 3.8) is 0 Å². The molecule has 1 fully saturated rings. The smallest absolute Gasteiger partial charge is 0.241 e. The van der Waals surface area contributed by atoms with Crippen molar-refractivity contribution in [1.82, 2.24) is 25.0 Å². The number of nitrogens with zero attached hydrogens (tertiary/aromatic N) is 5. The van der Waals surface area contributed by atoms with Gasteiger partial charge < -0.3 is 9.73 Å². The number of hydrogen-bond acceptors (Lipinski definition) is 8. The standard InChI is InChI=1S/C21H26N6O2S/c1-3-9-27(26-10-4-5-11-26)14-19(28)24-18-13-16(21-22-8-12-30-21)23-20(25-18)17-7-6-15(2)29-17/h6-8,12-13H,3-5,9-11,14H2,1-2H3,(H,23,24,25,28). The molecule has 3 aromatic heterocycles. The van der Waals surface area contributed by atoms with E-state index in [2.05, 4.69) is 37.2 Å². The summed E-state index contributed by atoms with van der Waals surface area (Å²) in [6, 6.07) is 5.46. The van der Waals surface area contributed by atoms with Crippen LogP contribution >= 0.6 is 11.3 Å². The van der Waals surface area contributed by atoms with Gasteiger partial charge in [0.05, 0.1) is 6.54 Å². The molecule has 1 amide bonds. The fourth-order valence-electron chi connectivity index (χ4n) is 3.55. The van der Waals surface area contributed by atoms with Crippen molar-refractivity contribution < 1.29 is 9.21 Å². The van der Waals surface area contributed by atoms with Gasteiger partial charge in [-0.1, -0.05) is 6.92 Å². The zero-order chi connectivity index (χ0) is 20.9. The van der Waals surface area contributed by atoms with Crippen LogP contribution in [0.2, 0.25) is 0 Å². The molecule has 1 aliphatic rings. The first-order valence-corrected chi connectivity index (χ1v) is 11.2. The first-order valence-electron chi connectivity index (χ1n) is 10.3. The number of aromatic nitrogens is 3. The lowest BCUT2D eigenvalue weighted by atomic mass is 10.3. The Labute approximate surface area is 179 Å². The average molecular weight is 427 g/mol. The van der Waals surface area contributed by atoms with Crippen molar-refractivity contribution in [2.24, 2.45) is 0 Å². The summed E-state index contributed by atoms with van der Waals surface area (Å²) in [5.41, 5.74) is 0.657. The number of aryl methyl sites for hydroxylation is 1. The Kier molecular flexibility index (Phi) is 6.51. The average Bonchev–Trinajstić information content (AvgIpc) is 3.49. The Morgan fingerprint density at radius 1 is 1.30 bits per heavy atom. The minimum Gasteiger partial charge on any atom is -0.458 e. The molecule has 0 atom stereocenters. The van der Waals surface area contributed by atoms with Crippen molar-refractivity contribution >= 4 is 23.1 Å². The number of thiazole rings is 1. The predicted octanol–water partition coefficient (Wildman–Crippen LogP) is 3.83. The maximum absolute atomic E-state index is 12.8. The van der Waals surface area contributed by atoms with Gasteiger partial charge in [0.1, 0.15) is 22.3 Å². The van der Waals surface area contributed by atoms with Crippen LogP contribution in [0.3, 0.4) is 0 Å². The summed E-state index contributed by atoms with van der Waals surface area (Å²) < 4.78 is 5.70. The van der Waals surface area contributed by atoms with Crippen LogP contribution in [0.15, 0.2) is 34.2 Å². The molecule has 0 spiro atoms. The molecule has 1 saturated heterocycles. The van der Waals surface area contributed by atoms with Gasteiger partial charge in [0.25, 0.3) is 0 Å². The van der Waals surface area contributed by atoms with Gasteiger partial charge in [0.2, 0.25) is 5.91 Å². The minimum atomic E-state index is -0.0966. The molecule has 4 rings (SSSR count). The Morgan fingerprint density at radius 3 is 2.80 bits per heavy atom. The van der Waals surface area contributed by atoms with E-state index in [1.807, 2.05) is 24.4 Å². The first kappa shape index (κ1) is 20.6. The molecule has 0 radical (unpaired) electrons. The van der Waals surface area contributed by atoms with E-state index in [0.29, 0.717) is 29.6 Å². The van der Waals surface area contributed by atoms with Gasteiger partial charge in [-0.2, -0.15) is 0 Å². The van der Waals surface area contributed by atoms with Crippen molar-refractivity contribution in [3.8, 4) is 22.3 Å². The van der Waals surface area contributed by atoms with Gasteiger partial charge in [-0.3, -0.25) is 4.79 Å². The number of rotatable bonds is 8. The summed E-state index contributed by atoms with van der Waals surface area (Å²) in [6.45, 7) is 7.19. The Bertz CT molecular complexity index is 981. The number of amides is 1. The van der Waals surface area contributed by atoms with Crippen LogP contribution in [-0.2, 0) is 4.79 Å². The molecule has 30 heavy (non-hydrogen) atoms. The molecule has 0 aliphatic carbocycles. The maximum Gasteiger partial charge on any atom is 0.241 e. The third kappa shape index (κ3) is 4.92. The lowest BCUT2D eigenvalue weighted by molar-refractivity contribution is -0.122. The Balaban J connectivity index is 1.56. The molecule has 9 heteroatoms. The number of hydrogen-bond donors (Lipinski definition) is 1. The fourth-order valence-corrected chi connectivity index (χ4v) is 4.14. The molecule has 3 aromatic rings. The second-order valence-electron chi connectivity index (χ2n) is 7.31. The molecule has 0 unspecified atom stereocenters. The number of nitrogens with one attached hydrogen (secondary N) is 1. The lowest BCUT2D eigenvalue weighted by Crippen LogP contribution is -2.45. The summed E-state index contributed by atoms with van der Waals surface area (Å²) in [5.74, 6) is 2.12. The fraction of sp³-hybridized carbons (Fsp3) is 0.429. The normalized spacial score (nSPS) is 14.5. The maximum atomic E-state index is 12.8. The molecule has 0 saturated carbocycles. The number of carbonyl (C=O) groups excluding carboxylic acids is 1. The molecule has 1 aliphatic heterocycles. The van der Waals surface area contributed by atoms with E-state index in [1.165, 1.54) is 24.2 Å². The van der Waals surface area contributed by atoms with Crippen LogP contribution in [0.5, 0.6) is 0 Å². The highest BCUT2D eigenvalue weighted by atomic mass is 32.1. The molecule has 0 aromatic carbocycles. The van der Waals surface area contributed by atoms with E-state index in [1.54, 1.807) is 12.3 Å². The molecule has 0 bridgehead atoms. The molecule has 4 heterocycles. The zero-order valence-electron chi connectivity index (χ0n) is 17.3. The summed E-state index contributed by atoms with van der Waals surface area (Å²) in [5, 5.41) is 10.0. The largest absolute Gasteiger partial charge is 0.458 e. The van der Waals surface area contributed by atoms with Gasteiger partial charge in [0, 0.05) is 37.3 Å². The second kappa shape index (κ2) is 9.46. The topological polar surface area (TPSA) is 87.4 Å². The molecule has 1 N–H and O–H groups in total. The highest BCUT2D eigenvalue weighted by Gasteiger charge is 2.22. The molecular formula is C21H26N6O2S. The highest BCUT2D eigenvalue weighted by molar-refractivity contribution is 7.13. The van der Waals surface area contributed by atoms with Gasteiger partial charge in [-0.05, 0) is 38.3 Å². The van der Waals surface area contributed by atoms with E-state index < -0.39 is 0 Å². The highest BCUT2D eigenvalue weighted by Crippen LogP contribution is 2.26. The van der Waals surface area contributed by atoms with E-state index in [0.717, 1.165) is 36.8 Å². The van der Waals surface area contributed by atoms with E-state index in [4.69, 9.17) is 4.42 Å². The summed E-state index contributed by atoms with van der Waals surface area (Å²) in [7, 11) is 0. The summed E-state index contributed by atoms with van der Waals surface area (Å²) in [4.78, 5) is 26.3. The minimum absolute atomic E-state index is 0.0966. The third-order valence-corrected chi connectivity index (χ3v) is 5.69. The Hall–Kier alpha value is -2.62. The van der Waals surface area contributed by atoms with Crippen LogP contribution in [0.1, 0.15) is 31.9 Å². The summed E-state index contributed by atoms with van der Waals surface area (Å²) >= 11 is 1.49.